The summed E-state index contributed by atoms with van der Waals surface area (Å²) in [4.78, 5) is 11.3. The molecule has 8 nitrogen and oxygen atoms in total. The number of methoxy groups -OCH3 is 1. The van der Waals surface area contributed by atoms with E-state index in [1.165, 1.54) is 6.33 Å². The molecule has 34 heavy (non-hydrogen) atoms. The molecule has 0 unspecified atom stereocenters. The highest BCUT2D eigenvalue weighted by Crippen LogP contribution is 2.40. The molecule has 1 N–H and O–H groups in total. The van der Waals surface area contributed by atoms with Gasteiger partial charge in [0, 0.05) is 36.5 Å². The van der Waals surface area contributed by atoms with Crippen LogP contribution in [0.4, 0.5) is 11.5 Å². The average molecular weight is 548 g/mol. The topological polar surface area (TPSA) is 81.9 Å². The summed E-state index contributed by atoms with van der Waals surface area (Å²) in [6, 6.07) is 7.47. The number of benzene rings is 2. The zero-order chi connectivity index (χ0) is 23.5. The predicted octanol–water partition coefficient (Wildman–Crippen LogP) is 5.65. The number of hydrogen-bond donors (Lipinski definition) is 1. The molecule has 178 valence electrons. The molecule has 5 rings (SSSR count). The second kappa shape index (κ2) is 10.4. The third-order valence-corrected chi connectivity index (χ3v) is 6.72. The Labute approximate surface area is 210 Å². The van der Waals surface area contributed by atoms with Crippen LogP contribution in [0.1, 0.15) is 6.42 Å². The Balaban J connectivity index is 1.38. The normalized spacial score (nSPS) is 14.6. The van der Waals surface area contributed by atoms with E-state index in [1.54, 1.807) is 13.4 Å². The van der Waals surface area contributed by atoms with E-state index >= 15 is 0 Å². The summed E-state index contributed by atoms with van der Waals surface area (Å²) >= 11 is 9.99. The van der Waals surface area contributed by atoms with Gasteiger partial charge in [-0.25, -0.2) is 9.97 Å². The van der Waals surface area contributed by atoms with Crippen molar-refractivity contribution in [1.29, 1.82) is 0 Å². The number of hydrogen-bond acceptors (Lipinski definition) is 8. The van der Waals surface area contributed by atoms with Gasteiger partial charge in [0.25, 0.3) is 0 Å². The van der Waals surface area contributed by atoms with Crippen molar-refractivity contribution in [3.05, 3.63) is 46.4 Å². The van der Waals surface area contributed by atoms with Crippen molar-refractivity contribution in [2.75, 3.05) is 51.9 Å². The van der Waals surface area contributed by atoms with Gasteiger partial charge < -0.3 is 23.9 Å². The summed E-state index contributed by atoms with van der Waals surface area (Å²) in [7, 11) is 1.62. The Kier molecular flexibility index (Phi) is 7.05. The Hall–Kier alpha value is -2.59. The first-order chi connectivity index (χ1) is 16.6. The van der Waals surface area contributed by atoms with Gasteiger partial charge in [-0.05, 0) is 40.5 Å². The standard InChI is InChI=1S/C24H24BrClN4O4/c1-31-20-11-16-19(12-21(20)33-8-2-5-30-6-9-32-10-7-30)27-14-28-24(16)29-22-18(26)4-3-15-17(25)13-34-23(15)22/h3-4,11-14H,2,5-10H2,1H3,(H,27,28,29). The Morgan fingerprint density at radius 2 is 2.00 bits per heavy atom. The number of anilines is 2. The summed E-state index contributed by atoms with van der Waals surface area (Å²) in [5.41, 5.74) is 2.00. The molecule has 0 bridgehead atoms. The minimum atomic E-state index is 0.522. The van der Waals surface area contributed by atoms with Gasteiger partial charge in [-0.15, -0.1) is 0 Å². The van der Waals surface area contributed by atoms with Gasteiger partial charge in [0.05, 0.1) is 41.9 Å². The van der Waals surface area contributed by atoms with E-state index in [0.717, 1.165) is 60.0 Å². The van der Waals surface area contributed by atoms with E-state index < -0.39 is 0 Å². The van der Waals surface area contributed by atoms with E-state index in [2.05, 4.69) is 36.1 Å². The number of nitrogens with one attached hydrogen (secondary N) is 1. The lowest BCUT2D eigenvalue weighted by Crippen LogP contribution is -2.37. The smallest absolute Gasteiger partial charge is 0.163 e. The number of nitrogens with zero attached hydrogens (tertiary/aromatic N) is 3. The third-order valence-electron chi connectivity index (χ3n) is 5.79. The lowest BCUT2D eigenvalue weighted by molar-refractivity contribution is 0.0357. The van der Waals surface area contributed by atoms with E-state index in [1.807, 2.05) is 24.3 Å². The van der Waals surface area contributed by atoms with Gasteiger partial charge in [0.2, 0.25) is 0 Å². The molecule has 0 atom stereocenters. The molecule has 0 spiro atoms. The highest BCUT2D eigenvalue weighted by Gasteiger charge is 2.17. The highest BCUT2D eigenvalue weighted by molar-refractivity contribution is 9.10. The molecule has 1 aliphatic rings. The van der Waals surface area contributed by atoms with Gasteiger partial charge in [0.1, 0.15) is 24.1 Å². The molecule has 0 saturated carbocycles. The van der Waals surface area contributed by atoms with Crippen LogP contribution < -0.4 is 14.8 Å². The summed E-state index contributed by atoms with van der Waals surface area (Å²) in [5.74, 6) is 1.85. The maximum Gasteiger partial charge on any atom is 0.163 e. The summed E-state index contributed by atoms with van der Waals surface area (Å²) in [6.07, 6.45) is 4.06. The Morgan fingerprint density at radius 1 is 1.15 bits per heavy atom. The zero-order valence-electron chi connectivity index (χ0n) is 18.6. The molecular formula is C24H24BrClN4O4. The zero-order valence-corrected chi connectivity index (χ0v) is 21.0. The fourth-order valence-corrected chi connectivity index (χ4v) is 4.61. The maximum atomic E-state index is 6.49. The molecule has 0 amide bonds. The van der Waals surface area contributed by atoms with Crippen LogP contribution >= 0.6 is 27.5 Å². The van der Waals surface area contributed by atoms with Gasteiger partial charge in [-0.3, -0.25) is 4.90 Å². The Morgan fingerprint density at radius 3 is 2.82 bits per heavy atom. The molecular weight excluding hydrogens is 524 g/mol. The van der Waals surface area contributed by atoms with Crippen molar-refractivity contribution in [1.82, 2.24) is 14.9 Å². The molecule has 2 aromatic carbocycles. The number of aromatic nitrogens is 2. The van der Waals surface area contributed by atoms with Crippen LogP contribution in [-0.2, 0) is 4.74 Å². The largest absolute Gasteiger partial charge is 0.493 e. The molecule has 10 heteroatoms. The van der Waals surface area contributed by atoms with E-state index in [0.29, 0.717) is 40.2 Å². The van der Waals surface area contributed by atoms with Crippen LogP contribution in [-0.4, -0.2) is 61.4 Å². The first kappa shape index (κ1) is 23.2. The van der Waals surface area contributed by atoms with Crippen LogP contribution in [0.15, 0.2) is 45.7 Å². The third kappa shape index (κ3) is 4.79. The average Bonchev–Trinajstić information content (AvgIpc) is 3.24. The van der Waals surface area contributed by atoms with Gasteiger partial charge in [-0.2, -0.15) is 0 Å². The number of rotatable bonds is 8. The maximum absolute atomic E-state index is 6.49. The summed E-state index contributed by atoms with van der Waals surface area (Å²) in [6.45, 7) is 5.10. The molecule has 1 fully saturated rings. The molecule has 1 saturated heterocycles. The van der Waals surface area contributed by atoms with Gasteiger partial charge in [-0.1, -0.05) is 11.6 Å². The van der Waals surface area contributed by atoms with Crippen molar-refractivity contribution in [2.24, 2.45) is 0 Å². The number of fused-ring (bicyclic) bond motifs is 2. The number of furan rings is 1. The van der Waals surface area contributed by atoms with E-state index in [9.17, 15) is 0 Å². The van der Waals surface area contributed by atoms with Gasteiger partial charge in [0.15, 0.2) is 17.1 Å². The summed E-state index contributed by atoms with van der Waals surface area (Å²) < 4.78 is 23.6. The second-order valence-electron chi connectivity index (χ2n) is 7.91. The first-order valence-electron chi connectivity index (χ1n) is 11.0. The van der Waals surface area contributed by atoms with Crippen molar-refractivity contribution in [3.8, 4) is 11.5 Å². The lowest BCUT2D eigenvalue weighted by Gasteiger charge is -2.26. The van der Waals surface area contributed by atoms with Crippen LogP contribution in [0.5, 0.6) is 11.5 Å². The fraction of sp³-hybridized carbons (Fsp3) is 0.333. The second-order valence-corrected chi connectivity index (χ2v) is 9.17. The molecule has 3 heterocycles. The molecule has 0 radical (unpaired) electrons. The van der Waals surface area contributed by atoms with E-state index in [-0.39, 0.29) is 0 Å². The summed E-state index contributed by atoms with van der Waals surface area (Å²) in [5, 5.41) is 5.53. The minimum absolute atomic E-state index is 0.522. The Bertz CT molecular complexity index is 1310. The predicted molar refractivity (Wildman–Crippen MR) is 136 cm³/mol. The van der Waals surface area contributed by atoms with Crippen molar-refractivity contribution in [2.45, 2.75) is 6.42 Å². The van der Waals surface area contributed by atoms with Crippen LogP contribution in [0.2, 0.25) is 5.02 Å². The highest BCUT2D eigenvalue weighted by atomic mass is 79.9. The van der Waals surface area contributed by atoms with Crippen molar-refractivity contribution < 1.29 is 18.6 Å². The fourth-order valence-electron chi connectivity index (χ4n) is 4.01. The van der Waals surface area contributed by atoms with Gasteiger partial charge >= 0.3 is 0 Å². The van der Waals surface area contributed by atoms with Crippen LogP contribution in [0.3, 0.4) is 0 Å². The monoisotopic (exact) mass is 546 g/mol. The molecule has 0 aliphatic carbocycles. The van der Waals surface area contributed by atoms with Crippen LogP contribution in [0.25, 0.3) is 21.9 Å². The molecule has 2 aromatic heterocycles. The minimum Gasteiger partial charge on any atom is -0.493 e. The SMILES string of the molecule is COc1cc2c(Nc3c(Cl)ccc4c(Br)coc34)ncnc2cc1OCCCN1CCOCC1. The number of ether oxygens (including phenoxy) is 3. The lowest BCUT2D eigenvalue weighted by atomic mass is 10.2. The van der Waals surface area contributed by atoms with E-state index in [4.69, 9.17) is 30.2 Å². The quantitative estimate of drug-likeness (QED) is 0.284. The number of morpholine rings is 1. The molecule has 1 aliphatic heterocycles. The first-order valence-corrected chi connectivity index (χ1v) is 12.2. The number of halogens is 2. The molecule has 4 aromatic rings. The van der Waals surface area contributed by atoms with Crippen molar-refractivity contribution in [3.63, 3.8) is 0 Å². The van der Waals surface area contributed by atoms with Crippen LogP contribution in [0, 0.1) is 0 Å². The van der Waals surface area contributed by atoms with Crippen molar-refractivity contribution >= 4 is 60.9 Å².